The topological polar surface area (TPSA) is 83.5 Å². The van der Waals surface area contributed by atoms with Gasteiger partial charge < -0.3 is 5.11 Å². The lowest BCUT2D eigenvalue weighted by Gasteiger charge is -2.10. The summed E-state index contributed by atoms with van der Waals surface area (Å²) in [5, 5.41) is 8.93. The minimum Gasteiger partial charge on any atom is -0.478 e. The molecular formula is C10H9BrFNO4S. The first kappa shape index (κ1) is 13.4. The number of hydrogen-bond donors (Lipinski definition) is 2. The lowest BCUT2D eigenvalue weighted by molar-refractivity contribution is 0.0687. The first-order valence-corrected chi connectivity index (χ1v) is 7.34. The number of sulfonamides is 1. The molecule has 18 heavy (non-hydrogen) atoms. The number of benzene rings is 1. The van der Waals surface area contributed by atoms with Gasteiger partial charge in [0, 0.05) is 6.04 Å². The van der Waals surface area contributed by atoms with Crippen LogP contribution in [0, 0.1) is 5.82 Å². The Balaban J connectivity index is 2.56. The summed E-state index contributed by atoms with van der Waals surface area (Å²) in [6, 6.07) is 2.06. The molecule has 1 aromatic carbocycles. The molecule has 1 saturated carbocycles. The van der Waals surface area contributed by atoms with Gasteiger partial charge in [-0.25, -0.2) is 22.3 Å². The maximum absolute atomic E-state index is 13.7. The van der Waals surface area contributed by atoms with Gasteiger partial charge >= 0.3 is 5.97 Å². The Kier molecular flexibility index (Phi) is 3.43. The number of nitrogens with one attached hydrogen (secondary N) is 1. The standard InChI is InChI=1S/C10H9BrFNO4S/c11-6-3-4-7(8(9(6)12)10(14)15)18(16,17)13-5-1-2-5/h3-5,13H,1-2H2,(H,14,15). The van der Waals surface area contributed by atoms with Gasteiger partial charge in [-0.15, -0.1) is 0 Å². The van der Waals surface area contributed by atoms with E-state index in [1.807, 2.05) is 0 Å². The van der Waals surface area contributed by atoms with Gasteiger partial charge in [0.2, 0.25) is 10.0 Å². The van der Waals surface area contributed by atoms with Crippen molar-refractivity contribution in [2.75, 3.05) is 0 Å². The Bertz CT molecular complexity index is 613. The zero-order valence-electron chi connectivity index (χ0n) is 8.98. The molecule has 0 aromatic heterocycles. The van der Waals surface area contributed by atoms with Gasteiger partial charge in [0.15, 0.2) is 5.82 Å². The van der Waals surface area contributed by atoms with E-state index in [0.717, 1.165) is 6.07 Å². The molecule has 0 amide bonds. The van der Waals surface area contributed by atoms with E-state index in [1.54, 1.807) is 0 Å². The number of carboxylic acids is 1. The Labute approximate surface area is 111 Å². The van der Waals surface area contributed by atoms with Crippen LogP contribution in [-0.4, -0.2) is 25.5 Å². The van der Waals surface area contributed by atoms with Crippen LogP contribution in [0.3, 0.4) is 0 Å². The Morgan fingerprint density at radius 2 is 2.06 bits per heavy atom. The predicted octanol–water partition coefficient (Wildman–Crippen LogP) is 1.73. The fraction of sp³-hybridized carbons (Fsp3) is 0.300. The molecular weight excluding hydrogens is 329 g/mol. The Morgan fingerprint density at radius 1 is 1.44 bits per heavy atom. The van der Waals surface area contributed by atoms with Crippen molar-refractivity contribution in [2.45, 2.75) is 23.8 Å². The van der Waals surface area contributed by atoms with E-state index in [4.69, 9.17) is 5.11 Å². The summed E-state index contributed by atoms with van der Waals surface area (Å²) < 4.78 is 39.7. The van der Waals surface area contributed by atoms with Gasteiger partial charge in [0.05, 0.1) is 9.37 Å². The first-order valence-electron chi connectivity index (χ1n) is 5.06. The van der Waals surface area contributed by atoms with Crippen molar-refractivity contribution >= 4 is 31.9 Å². The van der Waals surface area contributed by atoms with Gasteiger partial charge in [-0.1, -0.05) is 0 Å². The molecule has 8 heteroatoms. The van der Waals surface area contributed by atoms with Crippen LogP contribution < -0.4 is 4.72 Å². The molecule has 0 unspecified atom stereocenters. The number of rotatable bonds is 4. The molecule has 98 valence electrons. The summed E-state index contributed by atoms with van der Waals surface area (Å²) in [5.41, 5.74) is -0.850. The van der Waals surface area contributed by atoms with E-state index in [1.165, 1.54) is 6.07 Å². The fourth-order valence-corrected chi connectivity index (χ4v) is 3.26. The lowest BCUT2D eigenvalue weighted by atomic mass is 10.2. The SMILES string of the molecule is O=C(O)c1c(S(=O)(=O)NC2CC2)ccc(Br)c1F. The molecule has 0 atom stereocenters. The molecule has 2 N–H and O–H groups in total. The fourth-order valence-electron chi connectivity index (χ4n) is 1.44. The van der Waals surface area contributed by atoms with Crippen LogP contribution >= 0.6 is 15.9 Å². The van der Waals surface area contributed by atoms with Crippen LogP contribution in [0.1, 0.15) is 23.2 Å². The maximum Gasteiger partial charge on any atom is 0.340 e. The number of hydrogen-bond acceptors (Lipinski definition) is 3. The van der Waals surface area contributed by atoms with Crippen LogP contribution in [0.4, 0.5) is 4.39 Å². The average molecular weight is 338 g/mol. The normalized spacial score (nSPS) is 15.7. The van der Waals surface area contributed by atoms with E-state index in [9.17, 15) is 17.6 Å². The van der Waals surface area contributed by atoms with Crippen molar-refractivity contribution in [2.24, 2.45) is 0 Å². The second-order valence-electron chi connectivity index (χ2n) is 3.94. The summed E-state index contributed by atoms with van der Waals surface area (Å²) in [4.78, 5) is 10.4. The molecule has 0 bridgehead atoms. The molecule has 1 aromatic rings. The molecule has 0 spiro atoms. The third-order valence-electron chi connectivity index (χ3n) is 2.46. The minimum atomic E-state index is -4.00. The second-order valence-corrected chi connectivity index (χ2v) is 6.47. The summed E-state index contributed by atoms with van der Waals surface area (Å²) in [5.74, 6) is -2.72. The van der Waals surface area contributed by atoms with Crippen LogP contribution in [0.2, 0.25) is 0 Å². The molecule has 0 heterocycles. The van der Waals surface area contributed by atoms with Crippen LogP contribution in [-0.2, 0) is 10.0 Å². The van der Waals surface area contributed by atoms with Crippen molar-refractivity contribution in [1.29, 1.82) is 0 Å². The van der Waals surface area contributed by atoms with Crippen molar-refractivity contribution in [3.8, 4) is 0 Å². The van der Waals surface area contributed by atoms with E-state index in [0.29, 0.717) is 12.8 Å². The Morgan fingerprint density at radius 3 is 2.56 bits per heavy atom. The maximum atomic E-state index is 13.7. The highest BCUT2D eigenvalue weighted by Crippen LogP contribution is 2.28. The predicted molar refractivity (Wildman–Crippen MR) is 64.4 cm³/mol. The van der Waals surface area contributed by atoms with E-state index in [-0.39, 0.29) is 10.5 Å². The highest BCUT2D eigenvalue weighted by Gasteiger charge is 2.32. The lowest BCUT2D eigenvalue weighted by Crippen LogP contribution is -2.27. The van der Waals surface area contributed by atoms with Crippen molar-refractivity contribution in [3.63, 3.8) is 0 Å². The minimum absolute atomic E-state index is 0.0923. The largest absolute Gasteiger partial charge is 0.478 e. The average Bonchev–Trinajstić information content (AvgIpc) is 3.04. The summed E-state index contributed by atoms with van der Waals surface area (Å²) in [6.07, 6.45) is 1.42. The van der Waals surface area contributed by atoms with Crippen LogP contribution in [0.5, 0.6) is 0 Å². The van der Waals surface area contributed by atoms with Crippen molar-refractivity contribution in [3.05, 3.63) is 28.0 Å². The molecule has 1 aliphatic carbocycles. The smallest absolute Gasteiger partial charge is 0.340 e. The van der Waals surface area contributed by atoms with Gasteiger partial charge in [-0.3, -0.25) is 0 Å². The molecule has 0 aliphatic heterocycles. The number of carboxylic acid groups (broad SMARTS) is 1. The quantitative estimate of drug-likeness (QED) is 0.876. The highest BCUT2D eigenvalue weighted by atomic mass is 79.9. The molecule has 0 radical (unpaired) electrons. The molecule has 5 nitrogen and oxygen atoms in total. The van der Waals surface area contributed by atoms with E-state index < -0.39 is 32.3 Å². The molecule has 1 fully saturated rings. The second kappa shape index (κ2) is 4.60. The zero-order chi connectivity index (χ0) is 13.5. The van der Waals surface area contributed by atoms with Crippen LogP contribution in [0.15, 0.2) is 21.5 Å². The van der Waals surface area contributed by atoms with E-state index in [2.05, 4.69) is 20.7 Å². The summed E-state index contributed by atoms with van der Waals surface area (Å²) in [7, 11) is -4.00. The number of aromatic carboxylic acids is 1. The summed E-state index contributed by atoms with van der Waals surface area (Å²) >= 11 is 2.82. The van der Waals surface area contributed by atoms with E-state index >= 15 is 0 Å². The van der Waals surface area contributed by atoms with Gasteiger partial charge in [-0.2, -0.15) is 0 Å². The summed E-state index contributed by atoms with van der Waals surface area (Å²) in [6.45, 7) is 0. The highest BCUT2D eigenvalue weighted by molar-refractivity contribution is 9.10. The monoisotopic (exact) mass is 337 g/mol. The number of halogens is 2. The van der Waals surface area contributed by atoms with Crippen molar-refractivity contribution < 1.29 is 22.7 Å². The van der Waals surface area contributed by atoms with Crippen molar-refractivity contribution in [1.82, 2.24) is 4.72 Å². The van der Waals surface area contributed by atoms with Gasteiger partial charge in [-0.05, 0) is 40.9 Å². The van der Waals surface area contributed by atoms with Gasteiger partial charge in [0.1, 0.15) is 5.56 Å². The first-order chi connectivity index (χ1) is 8.33. The van der Waals surface area contributed by atoms with Crippen LogP contribution in [0.25, 0.3) is 0 Å². The molecule has 0 saturated heterocycles. The van der Waals surface area contributed by atoms with Gasteiger partial charge in [0.25, 0.3) is 0 Å². The molecule has 1 aliphatic rings. The number of carbonyl (C=O) groups is 1. The Hall–Kier alpha value is -0.990. The molecule has 2 rings (SSSR count). The third-order valence-corrected chi connectivity index (χ3v) is 4.63. The zero-order valence-corrected chi connectivity index (χ0v) is 11.4. The third kappa shape index (κ3) is 2.55.